The summed E-state index contributed by atoms with van der Waals surface area (Å²) in [6.07, 6.45) is 5.09. The average Bonchev–Trinajstić information content (AvgIpc) is 1.72. The molecule has 0 amide bonds. The van der Waals surface area contributed by atoms with Crippen LogP contribution in [0.15, 0.2) is 12.7 Å². The van der Waals surface area contributed by atoms with Crippen LogP contribution in [0.2, 0.25) is 0 Å². The van der Waals surface area contributed by atoms with Gasteiger partial charge in [0.05, 0.1) is 0 Å². The molecule has 0 spiro atoms. The predicted octanol–water partition coefficient (Wildman–Crippen LogP) is -0.328. The van der Waals surface area contributed by atoms with E-state index in [1.807, 2.05) is 0 Å². The maximum Gasteiger partial charge on any atom is 0.0241 e. The molecule has 0 atom stereocenters. The highest BCUT2D eigenvalue weighted by Gasteiger charge is 1.47. The van der Waals surface area contributed by atoms with Crippen LogP contribution in [-0.4, -0.2) is 15.0 Å². The summed E-state index contributed by atoms with van der Waals surface area (Å²) in [5, 5.41) is 0. The lowest BCUT2D eigenvalue weighted by atomic mass is 11.1. The first kappa shape index (κ1) is 3.21. The van der Waals surface area contributed by atoms with E-state index in [9.17, 15) is 0 Å². The first-order valence-electron chi connectivity index (χ1n) is 1.48. The second kappa shape index (κ2) is 1.45. The summed E-state index contributed by atoms with van der Waals surface area (Å²) in [5.41, 5.74) is 0. The van der Waals surface area contributed by atoms with Crippen molar-refractivity contribution in [3.63, 3.8) is 0 Å². The van der Waals surface area contributed by atoms with Crippen LogP contribution < -0.4 is 0 Å². The molecule has 6 heavy (non-hydrogen) atoms. The van der Waals surface area contributed by atoms with Crippen molar-refractivity contribution in [2.24, 2.45) is 0 Å². The van der Waals surface area contributed by atoms with Crippen molar-refractivity contribution < 1.29 is 0 Å². The lowest BCUT2D eigenvalue weighted by Gasteiger charge is -1.81. The number of hydrogen-bond donors (Lipinski definition) is 0. The fourth-order valence-corrected chi connectivity index (χ4v) is 0.181. The minimum atomic E-state index is 1.38. The predicted molar refractivity (Wildman–Crippen MR) is 18.7 cm³/mol. The molecule has 0 aliphatic carbocycles. The van der Waals surface area contributed by atoms with Crippen LogP contribution in [0.4, 0.5) is 0 Å². The Bertz CT molecular complexity index is 78.0. The van der Waals surface area contributed by atoms with Crippen LogP contribution in [0.5, 0.6) is 0 Å². The van der Waals surface area contributed by atoms with Crippen molar-refractivity contribution in [2.45, 2.75) is 0 Å². The summed E-state index contributed by atoms with van der Waals surface area (Å²) < 4.78 is 0. The van der Waals surface area contributed by atoms with Gasteiger partial charge in [0.1, 0.15) is 0 Å². The van der Waals surface area contributed by atoms with E-state index < -0.39 is 0 Å². The van der Waals surface area contributed by atoms with Crippen molar-refractivity contribution >= 4 is 0 Å². The average molecular weight is 80.1 g/mol. The Morgan fingerprint density at radius 3 is 2.00 bits per heavy atom. The second-order valence-corrected chi connectivity index (χ2v) is 0.738. The van der Waals surface area contributed by atoms with Crippen LogP contribution >= 0.6 is 0 Å². The van der Waals surface area contributed by atoms with E-state index in [-0.39, 0.29) is 0 Å². The van der Waals surface area contributed by atoms with Gasteiger partial charge in [-0.3, -0.25) is 0 Å². The smallest absolute Gasteiger partial charge is 0.0241 e. The standard InChI is InChI=1S/C3H2N3/c1-4-2-6-3-5-1/h1-2H/q-1. The van der Waals surface area contributed by atoms with E-state index in [1.165, 1.54) is 12.7 Å². The number of nitrogens with zero attached hydrogens (tertiary/aromatic N) is 3. The SMILES string of the molecule is [c-]1ncncn1. The highest BCUT2D eigenvalue weighted by Crippen LogP contribution is 1.56. The van der Waals surface area contributed by atoms with Crippen LogP contribution in [0.25, 0.3) is 0 Å². The summed E-state index contributed by atoms with van der Waals surface area (Å²) in [7, 11) is 0. The van der Waals surface area contributed by atoms with Crippen molar-refractivity contribution in [3.05, 3.63) is 19.0 Å². The molecule has 0 fully saturated rings. The van der Waals surface area contributed by atoms with Gasteiger partial charge in [0.2, 0.25) is 0 Å². The molecular weight excluding hydrogens is 78.1 g/mol. The fourth-order valence-electron chi connectivity index (χ4n) is 0.181. The maximum atomic E-state index is 3.53. The molecule has 0 aliphatic heterocycles. The molecule has 0 aliphatic rings. The monoisotopic (exact) mass is 80.0 g/mol. The summed E-state index contributed by atoms with van der Waals surface area (Å²) in [6, 6.07) is 0. The second-order valence-electron chi connectivity index (χ2n) is 0.738. The van der Waals surface area contributed by atoms with Gasteiger partial charge in [-0.2, -0.15) is 0 Å². The molecule has 0 saturated carbocycles. The molecule has 1 aromatic heterocycles. The largest absolute Gasteiger partial charge is 0.355 e. The molecule has 0 unspecified atom stereocenters. The van der Waals surface area contributed by atoms with Gasteiger partial charge in [0.15, 0.2) is 0 Å². The Hall–Kier alpha value is -0.990. The van der Waals surface area contributed by atoms with E-state index in [0.29, 0.717) is 0 Å². The minimum Gasteiger partial charge on any atom is -0.355 e. The van der Waals surface area contributed by atoms with Crippen molar-refractivity contribution in [3.8, 4) is 0 Å². The zero-order valence-electron chi connectivity index (χ0n) is 3.00. The van der Waals surface area contributed by atoms with Gasteiger partial charge in [0.25, 0.3) is 0 Å². The summed E-state index contributed by atoms with van der Waals surface area (Å²) in [4.78, 5) is 10.4. The minimum absolute atomic E-state index is 1.38. The quantitative estimate of drug-likeness (QED) is 0.400. The van der Waals surface area contributed by atoms with E-state index in [2.05, 4.69) is 21.3 Å². The highest BCUT2D eigenvalue weighted by atomic mass is 14.9. The van der Waals surface area contributed by atoms with Gasteiger partial charge in [-0.15, -0.1) is 0 Å². The maximum absolute atomic E-state index is 3.53. The van der Waals surface area contributed by atoms with E-state index >= 15 is 0 Å². The topological polar surface area (TPSA) is 38.7 Å². The number of hydrogen-bond acceptors (Lipinski definition) is 3. The van der Waals surface area contributed by atoms with Gasteiger partial charge in [0, 0.05) is 19.0 Å². The number of aromatic nitrogens is 3. The molecule has 0 radical (unpaired) electrons. The summed E-state index contributed by atoms with van der Waals surface area (Å²) in [6.45, 7) is 0. The van der Waals surface area contributed by atoms with E-state index in [0.717, 1.165) is 0 Å². The zero-order valence-corrected chi connectivity index (χ0v) is 3.00. The van der Waals surface area contributed by atoms with Crippen LogP contribution in [0.3, 0.4) is 0 Å². The first-order valence-corrected chi connectivity index (χ1v) is 1.48. The Morgan fingerprint density at radius 2 is 1.83 bits per heavy atom. The fraction of sp³-hybridized carbons (Fsp3) is 0. The van der Waals surface area contributed by atoms with Gasteiger partial charge < -0.3 is 15.0 Å². The molecule has 0 N–H and O–H groups in total. The van der Waals surface area contributed by atoms with Crippen molar-refractivity contribution in [2.75, 3.05) is 0 Å². The molecule has 30 valence electrons. The van der Waals surface area contributed by atoms with Gasteiger partial charge >= 0.3 is 0 Å². The zero-order chi connectivity index (χ0) is 4.24. The van der Waals surface area contributed by atoms with E-state index in [4.69, 9.17) is 0 Å². The molecule has 1 rings (SSSR count). The molecule has 0 bridgehead atoms. The van der Waals surface area contributed by atoms with Crippen LogP contribution in [0, 0.1) is 6.33 Å². The first-order chi connectivity index (χ1) is 3.00. The molecule has 1 aromatic rings. The van der Waals surface area contributed by atoms with Gasteiger partial charge in [-0.25, -0.2) is 0 Å². The lowest BCUT2D eigenvalue weighted by Crippen LogP contribution is -1.74. The third-order valence-corrected chi connectivity index (χ3v) is 0.364. The van der Waals surface area contributed by atoms with E-state index in [1.54, 1.807) is 0 Å². The Morgan fingerprint density at radius 1 is 1.17 bits per heavy atom. The lowest BCUT2D eigenvalue weighted by molar-refractivity contribution is 1.03. The van der Waals surface area contributed by atoms with Crippen molar-refractivity contribution in [1.29, 1.82) is 0 Å². The summed E-state index contributed by atoms with van der Waals surface area (Å²) in [5.74, 6) is 0. The van der Waals surface area contributed by atoms with Gasteiger partial charge in [-0.1, -0.05) is 0 Å². The third kappa shape index (κ3) is 0.484. The molecule has 0 saturated heterocycles. The summed E-state index contributed by atoms with van der Waals surface area (Å²) >= 11 is 0. The number of rotatable bonds is 0. The molecular formula is C3H2N3-. The Labute approximate surface area is 35.1 Å². The normalized spacial score (nSPS) is 8.00. The Balaban J connectivity index is 3.00. The molecule has 1 heterocycles. The third-order valence-electron chi connectivity index (χ3n) is 0.364. The van der Waals surface area contributed by atoms with Crippen LogP contribution in [-0.2, 0) is 0 Å². The molecule has 0 aromatic carbocycles. The van der Waals surface area contributed by atoms with Crippen LogP contribution in [0.1, 0.15) is 0 Å². The van der Waals surface area contributed by atoms with Crippen molar-refractivity contribution in [1.82, 2.24) is 15.0 Å². The molecule has 3 nitrogen and oxygen atoms in total. The van der Waals surface area contributed by atoms with Gasteiger partial charge in [-0.05, 0) is 0 Å². The molecule has 3 heteroatoms. The Kier molecular flexibility index (Phi) is 0.774. The highest BCUT2D eigenvalue weighted by molar-refractivity contribution is 4.49.